The first-order valence-corrected chi connectivity index (χ1v) is 12.4. The molecule has 0 bridgehead atoms. The van der Waals surface area contributed by atoms with Crippen LogP contribution in [0.5, 0.6) is 5.75 Å². The van der Waals surface area contributed by atoms with Crippen LogP contribution in [-0.4, -0.2) is 44.6 Å². The van der Waals surface area contributed by atoms with Gasteiger partial charge in [0.05, 0.1) is 27.6 Å². The predicted octanol–water partition coefficient (Wildman–Crippen LogP) is 3.09. The van der Waals surface area contributed by atoms with E-state index < -0.39 is 15.8 Å². The number of fused-ring (bicyclic) bond motifs is 1. The van der Waals surface area contributed by atoms with Crippen LogP contribution in [0.4, 0.5) is 10.8 Å². The van der Waals surface area contributed by atoms with Crippen molar-refractivity contribution in [2.24, 2.45) is 5.92 Å². The van der Waals surface area contributed by atoms with Gasteiger partial charge >= 0.3 is 0 Å². The number of amides is 2. The van der Waals surface area contributed by atoms with Crippen molar-refractivity contribution in [3.63, 3.8) is 0 Å². The molecule has 1 aliphatic rings. The summed E-state index contributed by atoms with van der Waals surface area (Å²) in [6.45, 7) is 2.74. The zero-order valence-electron chi connectivity index (χ0n) is 17.0. The number of aromatic nitrogens is 1. The van der Waals surface area contributed by atoms with E-state index in [4.69, 9.17) is 4.74 Å². The van der Waals surface area contributed by atoms with E-state index in [1.54, 1.807) is 41.3 Å². The smallest absolute Gasteiger partial charge is 0.231 e. The molecule has 8 nitrogen and oxygen atoms in total. The van der Waals surface area contributed by atoms with Crippen molar-refractivity contribution in [1.82, 2.24) is 4.98 Å². The molecule has 31 heavy (non-hydrogen) atoms. The summed E-state index contributed by atoms with van der Waals surface area (Å²) < 4.78 is 29.6. The number of hydrogen-bond donors (Lipinski definition) is 1. The topological polar surface area (TPSA) is 106 Å². The van der Waals surface area contributed by atoms with Gasteiger partial charge in [0.15, 0.2) is 15.0 Å². The predicted molar refractivity (Wildman–Crippen MR) is 119 cm³/mol. The number of carbonyl (C=O) groups excluding carboxylic acids is 2. The van der Waals surface area contributed by atoms with E-state index >= 15 is 0 Å². The number of hydrogen-bond acceptors (Lipinski definition) is 7. The molecule has 3 aromatic rings. The molecule has 0 aliphatic carbocycles. The van der Waals surface area contributed by atoms with Crippen molar-refractivity contribution in [2.45, 2.75) is 18.2 Å². The highest BCUT2D eigenvalue weighted by atomic mass is 32.2. The Morgan fingerprint density at radius 3 is 2.68 bits per heavy atom. The SMILES string of the molecule is CCOc1ccc(N2C[C@@H](C(=O)Nc3nc4ccc(S(C)(=O)=O)cc4s3)CC2=O)cc1. The summed E-state index contributed by atoms with van der Waals surface area (Å²) in [5, 5.41) is 3.14. The van der Waals surface area contributed by atoms with Gasteiger partial charge in [0, 0.05) is 24.9 Å². The highest BCUT2D eigenvalue weighted by Gasteiger charge is 2.35. The molecule has 0 spiro atoms. The third-order valence-corrected chi connectivity index (χ3v) is 7.02. The molecular weight excluding hydrogens is 438 g/mol. The second-order valence-corrected chi connectivity index (χ2v) is 10.3. The number of nitrogens with zero attached hydrogens (tertiary/aromatic N) is 2. The highest BCUT2D eigenvalue weighted by Crippen LogP contribution is 2.31. The summed E-state index contributed by atoms with van der Waals surface area (Å²) in [6.07, 6.45) is 1.26. The molecule has 1 aliphatic heterocycles. The molecular formula is C21H21N3O5S2. The highest BCUT2D eigenvalue weighted by molar-refractivity contribution is 7.90. The molecule has 162 valence electrons. The van der Waals surface area contributed by atoms with Crippen LogP contribution in [0, 0.1) is 5.92 Å². The van der Waals surface area contributed by atoms with Gasteiger partial charge in [0.2, 0.25) is 11.8 Å². The second-order valence-electron chi connectivity index (χ2n) is 7.24. The number of ether oxygens (including phenoxy) is 1. The van der Waals surface area contributed by atoms with E-state index in [9.17, 15) is 18.0 Å². The monoisotopic (exact) mass is 459 g/mol. The molecule has 2 aromatic carbocycles. The molecule has 0 unspecified atom stereocenters. The summed E-state index contributed by atoms with van der Waals surface area (Å²) in [5.41, 5.74) is 1.32. The van der Waals surface area contributed by atoms with Gasteiger partial charge in [0.25, 0.3) is 0 Å². The van der Waals surface area contributed by atoms with Crippen LogP contribution >= 0.6 is 11.3 Å². The van der Waals surface area contributed by atoms with Crippen LogP contribution in [0.1, 0.15) is 13.3 Å². The summed E-state index contributed by atoms with van der Waals surface area (Å²) in [7, 11) is -3.33. The number of anilines is 2. The number of carbonyl (C=O) groups is 2. The Balaban J connectivity index is 1.46. The number of nitrogens with one attached hydrogen (secondary N) is 1. The van der Waals surface area contributed by atoms with E-state index in [1.807, 2.05) is 6.92 Å². The van der Waals surface area contributed by atoms with Gasteiger partial charge in [-0.1, -0.05) is 11.3 Å². The van der Waals surface area contributed by atoms with Crippen molar-refractivity contribution in [3.05, 3.63) is 42.5 Å². The molecule has 4 rings (SSSR count). The van der Waals surface area contributed by atoms with Crippen molar-refractivity contribution in [3.8, 4) is 5.75 Å². The zero-order chi connectivity index (χ0) is 22.2. The third kappa shape index (κ3) is 4.54. The average molecular weight is 460 g/mol. The van der Waals surface area contributed by atoms with E-state index in [2.05, 4.69) is 10.3 Å². The largest absolute Gasteiger partial charge is 0.494 e. The van der Waals surface area contributed by atoms with Gasteiger partial charge in [-0.2, -0.15) is 0 Å². The Labute approximate surface area is 183 Å². The Morgan fingerprint density at radius 2 is 2.00 bits per heavy atom. The van der Waals surface area contributed by atoms with Crippen LogP contribution < -0.4 is 15.0 Å². The van der Waals surface area contributed by atoms with E-state index in [-0.39, 0.29) is 29.7 Å². The van der Waals surface area contributed by atoms with Gasteiger partial charge in [-0.3, -0.25) is 9.59 Å². The van der Waals surface area contributed by atoms with Crippen molar-refractivity contribution < 1.29 is 22.7 Å². The summed E-state index contributed by atoms with van der Waals surface area (Å²) >= 11 is 1.20. The van der Waals surface area contributed by atoms with Crippen LogP contribution in [0.25, 0.3) is 10.2 Å². The maximum atomic E-state index is 12.7. The lowest BCUT2D eigenvalue weighted by atomic mass is 10.1. The lowest BCUT2D eigenvalue weighted by Gasteiger charge is -2.17. The normalized spacial score (nSPS) is 16.6. The maximum Gasteiger partial charge on any atom is 0.231 e. The van der Waals surface area contributed by atoms with Gasteiger partial charge in [-0.25, -0.2) is 13.4 Å². The van der Waals surface area contributed by atoms with E-state index in [0.717, 1.165) is 17.7 Å². The molecule has 2 amide bonds. The van der Waals surface area contributed by atoms with Crippen LogP contribution in [0.3, 0.4) is 0 Å². The lowest BCUT2D eigenvalue weighted by molar-refractivity contribution is -0.122. The molecule has 1 atom stereocenters. The van der Waals surface area contributed by atoms with Crippen molar-refractivity contribution in [1.29, 1.82) is 0 Å². The zero-order valence-corrected chi connectivity index (χ0v) is 18.6. The van der Waals surface area contributed by atoms with Crippen LogP contribution in [0.2, 0.25) is 0 Å². The first kappa shape index (κ1) is 21.3. The van der Waals surface area contributed by atoms with Crippen molar-refractivity contribution >= 4 is 54.0 Å². The minimum absolute atomic E-state index is 0.113. The average Bonchev–Trinajstić information content (AvgIpc) is 3.30. The Bertz CT molecular complexity index is 1250. The fourth-order valence-electron chi connectivity index (χ4n) is 3.42. The molecule has 10 heteroatoms. The molecule has 1 fully saturated rings. The van der Waals surface area contributed by atoms with Gasteiger partial charge in [0.1, 0.15) is 5.75 Å². The Hall–Kier alpha value is -2.98. The summed E-state index contributed by atoms with van der Waals surface area (Å²) in [5.74, 6) is -0.185. The van der Waals surface area contributed by atoms with Gasteiger partial charge in [-0.05, 0) is 49.4 Å². The molecule has 1 N–H and O–H groups in total. The first-order valence-electron chi connectivity index (χ1n) is 9.69. The summed E-state index contributed by atoms with van der Waals surface area (Å²) in [4.78, 5) is 31.4. The van der Waals surface area contributed by atoms with Gasteiger partial charge < -0.3 is 15.0 Å². The van der Waals surface area contributed by atoms with E-state index in [0.29, 0.717) is 22.0 Å². The fourth-order valence-corrected chi connectivity index (χ4v) is 5.05. The van der Waals surface area contributed by atoms with Crippen LogP contribution in [-0.2, 0) is 19.4 Å². The van der Waals surface area contributed by atoms with E-state index in [1.165, 1.54) is 17.4 Å². The number of thiazole rings is 1. The second kappa shape index (κ2) is 8.27. The number of sulfone groups is 1. The molecule has 1 saturated heterocycles. The molecule has 0 saturated carbocycles. The maximum absolute atomic E-state index is 12.7. The first-order chi connectivity index (χ1) is 14.7. The lowest BCUT2D eigenvalue weighted by Crippen LogP contribution is -2.28. The molecule has 1 aromatic heterocycles. The molecule has 2 heterocycles. The van der Waals surface area contributed by atoms with Crippen molar-refractivity contribution in [2.75, 3.05) is 29.6 Å². The number of rotatable bonds is 6. The summed E-state index contributed by atoms with van der Waals surface area (Å²) in [6, 6.07) is 11.9. The fraction of sp³-hybridized carbons (Fsp3) is 0.286. The minimum atomic E-state index is -3.33. The minimum Gasteiger partial charge on any atom is -0.494 e. The third-order valence-electron chi connectivity index (χ3n) is 4.97. The standard InChI is InChI=1S/C21H21N3O5S2/c1-3-29-15-6-4-14(5-7-15)24-12-13(10-19(24)25)20(26)23-21-22-17-9-8-16(31(2,27)28)11-18(17)30-21/h4-9,11,13H,3,10,12H2,1-2H3,(H,22,23,26)/t13-/m0/s1. The molecule has 0 radical (unpaired) electrons. The van der Waals surface area contributed by atoms with Crippen LogP contribution in [0.15, 0.2) is 47.4 Å². The number of benzene rings is 2. The van der Waals surface area contributed by atoms with Gasteiger partial charge in [-0.15, -0.1) is 0 Å². The quantitative estimate of drug-likeness (QED) is 0.607. The Kier molecular flexibility index (Phi) is 5.67. The Morgan fingerprint density at radius 1 is 1.26 bits per heavy atom.